The Bertz CT molecular complexity index is 1050. The number of hydrogen-bond donors (Lipinski definition) is 4. The average molecular weight is 647 g/mol. The fourth-order valence-corrected chi connectivity index (χ4v) is 8.26. The van der Waals surface area contributed by atoms with Gasteiger partial charge < -0.3 is 30.4 Å². The molecule has 260 valence electrons. The summed E-state index contributed by atoms with van der Waals surface area (Å²) in [6.07, 6.45) is 20.5. The Balaban J connectivity index is 0.000000160. The molecule has 0 bridgehead atoms. The molecule has 2 aromatic rings. The van der Waals surface area contributed by atoms with Gasteiger partial charge in [0, 0.05) is 24.7 Å². The number of piperidine rings is 2. The third-order valence-electron chi connectivity index (χ3n) is 11.3. The standard InChI is InChI=1S/2C14H18O2.C13H26N2/c2*15-11-13-8-4-5-9-14(13,16)10-12-6-2-1-3-7-12;1(2-12-4-8-14-9-5-12)3-13-6-10-15-11-7-13/h2*1-3,6-7,11,13,16H,4-5,8-10H2;12-15H,1-11H2. The summed E-state index contributed by atoms with van der Waals surface area (Å²) in [5, 5.41) is 28.0. The van der Waals surface area contributed by atoms with E-state index in [1.54, 1.807) is 0 Å². The van der Waals surface area contributed by atoms with E-state index in [-0.39, 0.29) is 11.8 Å². The lowest BCUT2D eigenvalue weighted by Gasteiger charge is -2.37. The van der Waals surface area contributed by atoms with Gasteiger partial charge in [-0.2, -0.15) is 0 Å². The summed E-state index contributed by atoms with van der Waals surface area (Å²) < 4.78 is 0. The molecule has 6 rings (SSSR count). The van der Waals surface area contributed by atoms with Crippen molar-refractivity contribution in [3.8, 4) is 0 Å². The minimum atomic E-state index is -0.818. The van der Waals surface area contributed by atoms with Crippen molar-refractivity contribution < 1.29 is 19.8 Å². The van der Waals surface area contributed by atoms with Gasteiger partial charge in [-0.3, -0.25) is 0 Å². The predicted molar refractivity (Wildman–Crippen MR) is 191 cm³/mol. The van der Waals surface area contributed by atoms with Crippen LogP contribution in [0.25, 0.3) is 0 Å². The number of aldehydes is 2. The van der Waals surface area contributed by atoms with Crippen molar-refractivity contribution >= 4 is 12.6 Å². The monoisotopic (exact) mass is 646 g/mol. The van der Waals surface area contributed by atoms with Gasteiger partial charge in [0.05, 0.1) is 11.2 Å². The van der Waals surface area contributed by atoms with Gasteiger partial charge in [0.25, 0.3) is 0 Å². The fraction of sp³-hybridized carbons (Fsp3) is 0.659. The van der Waals surface area contributed by atoms with Gasteiger partial charge in [-0.05, 0) is 101 Å². The molecular weight excluding hydrogens is 584 g/mol. The second-order valence-electron chi connectivity index (χ2n) is 14.8. The Kier molecular flexibility index (Phi) is 16.1. The minimum Gasteiger partial charge on any atom is -0.389 e. The van der Waals surface area contributed by atoms with Crippen molar-refractivity contribution in [2.45, 2.75) is 120 Å². The summed E-state index contributed by atoms with van der Waals surface area (Å²) in [7, 11) is 0. The van der Waals surface area contributed by atoms with Crippen LogP contribution in [0.5, 0.6) is 0 Å². The van der Waals surface area contributed by atoms with E-state index in [0.29, 0.717) is 12.8 Å². The van der Waals surface area contributed by atoms with E-state index in [1.807, 2.05) is 60.7 Å². The zero-order chi connectivity index (χ0) is 33.2. The second-order valence-corrected chi connectivity index (χ2v) is 14.8. The highest BCUT2D eigenvalue weighted by atomic mass is 16.3. The molecule has 2 saturated heterocycles. The van der Waals surface area contributed by atoms with Crippen LogP contribution in [0.3, 0.4) is 0 Å². The SMILES string of the molecule is C(CC1CCNCC1)CC1CCNCC1.O=CC1CCCCC1(O)Cc1ccccc1.O=CC1CCCCC1(O)Cc1ccccc1. The zero-order valence-corrected chi connectivity index (χ0v) is 28.8. The summed E-state index contributed by atoms with van der Waals surface area (Å²) in [4.78, 5) is 22.0. The quantitative estimate of drug-likeness (QED) is 0.211. The van der Waals surface area contributed by atoms with Gasteiger partial charge in [-0.15, -0.1) is 0 Å². The van der Waals surface area contributed by atoms with Crippen LogP contribution in [-0.2, 0) is 22.4 Å². The zero-order valence-electron chi connectivity index (χ0n) is 28.8. The molecule has 4 unspecified atom stereocenters. The maximum atomic E-state index is 11.0. The Hall–Kier alpha value is -2.38. The number of carbonyl (C=O) groups excluding carboxylic acids is 2. The van der Waals surface area contributed by atoms with E-state index in [1.165, 1.54) is 71.1 Å². The number of benzene rings is 2. The Morgan fingerprint density at radius 3 is 1.32 bits per heavy atom. The van der Waals surface area contributed by atoms with Crippen LogP contribution in [0.4, 0.5) is 0 Å². The van der Waals surface area contributed by atoms with E-state index < -0.39 is 11.2 Å². The van der Waals surface area contributed by atoms with Crippen molar-refractivity contribution in [3.63, 3.8) is 0 Å². The first-order valence-electron chi connectivity index (χ1n) is 18.8. The van der Waals surface area contributed by atoms with Crippen molar-refractivity contribution in [2.24, 2.45) is 23.7 Å². The number of rotatable bonds is 10. The molecule has 4 atom stereocenters. The number of aliphatic hydroxyl groups is 2. The molecule has 0 spiro atoms. The molecule has 2 aliphatic heterocycles. The van der Waals surface area contributed by atoms with Gasteiger partial charge in [0.2, 0.25) is 0 Å². The van der Waals surface area contributed by atoms with Crippen LogP contribution in [0.1, 0.15) is 107 Å². The first kappa shape index (κ1) is 37.4. The van der Waals surface area contributed by atoms with Gasteiger partial charge >= 0.3 is 0 Å². The van der Waals surface area contributed by atoms with Gasteiger partial charge in [0.15, 0.2) is 0 Å². The number of carbonyl (C=O) groups is 2. The Morgan fingerprint density at radius 1 is 0.574 bits per heavy atom. The molecule has 2 aliphatic carbocycles. The maximum absolute atomic E-state index is 11.0. The molecular formula is C41H62N2O4. The fourth-order valence-electron chi connectivity index (χ4n) is 8.26. The molecule has 4 aliphatic rings. The molecule has 0 aromatic heterocycles. The molecule has 2 saturated carbocycles. The van der Waals surface area contributed by atoms with Crippen LogP contribution in [0, 0.1) is 23.7 Å². The first-order valence-corrected chi connectivity index (χ1v) is 18.8. The van der Waals surface area contributed by atoms with Gasteiger partial charge in [0.1, 0.15) is 12.6 Å². The highest BCUT2D eigenvalue weighted by molar-refractivity contribution is 5.56. The third kappa shape index (κ3) is 12.5. The molecule has 2 aromatic carbocycles. The lowest BCUT2D eigenvalue weighted by Crippen LogP contribution is -2.43. The van der Waals surface area contributed by atoms with E-state index in [2.05, 4.69) is 10.6 Å². The smallest absolute Gasteiger partial charge is 0.125 e. The summed E-state index contributed by atoms with van der Waals surface area (Å²) in [6, 6.07) is 19.8. The van der Waals surface area contributed by atoms with Gasteiger partial charge in [-0.1, -0.05) is 106 Å². The van der Waals surface area contributed by atoms with Crippen LogP contribution in [-0.4, -0.2) is 60.2 Å². The van der Waals surface area contributed by atoms with Crippen molar-refractivity contribution in [3.05, 3.63) is 71.8 Å². The Labute approximate surface area is 284 Å². The second kappa shape index (κ2) is 20.2. The van der Waals surface area contributed by atoms with E-state index >= 15 is 0 Å². The van der Waals surface area contributed by atoms with Crippen LogP contribution in [0.2, 0.25) is 0 Å². The summed E-state index contributed by atoms with van der Waals surface area (Å²) in [6.45, 7) is 5.05. The molecule has 4 fully saturated rings. The van der Waals surface area contributed by atoms with Crippen molar-refractivity contribution in [2.75, 3.05) is 26.2 Å². The first-order chi connectivity index (χ1) is 22.9. The number of hydrogen-bond acceptors (Lipinski definition) is 6. The molecule has 47 heavy (non-hydrogen) atoms. The van der Waals surface area contributed by atoms with E-state index in [0.717, 1.165) is 86.9 Å². The molecule has 6 nitrogen and oxygen atoms in total. The summed E-state index contributed by atoms with van der Waals surface area (Å²) in [5.74, 6) is 1.68. The lowest BCUT2D eigenvalue weighted by atomic mass is 9.73. The minimum absolute atomic E-state index is 0.193. The van der Waals surface area contributed by atoms with Crippen LogP contribution >= 0.6 is 0 Å². The molecule has 2 heterocycles. The average Bonchev–Trinajstić information content (AvgIpc) is 3.11. The normalized spacial score (nSPS) is 28.6. The Morgan fingerprint density at radius 2 is 0.957 bits per heavy atom. The molecule has 0 amide bonds. The highest BCUT2D eigenvalue weighted by Crippen LogP contribution is 2.36. The molecule has 0 radical (unpaired) electrons. The summed E-state index contributed by atoms with van der Waals surface area (Å²) in [5.41, 5.74) is 0.584. The molecule has 6 heteroatoms. The van der Waals surface area contributed by atoms with Gasteiger partial charge in [-0.25, -0.2) is 0 Å². The lowest BCUT2D eigenvalue weighted by molar-refractivity contribution is -0.124. The topological polar surface area (TPSA) is 98.7 Å². The highest BCUT2D eigenvalue weighted by Gasteiger charge is 2.39. The van der Waals surface area contributed by atoms with E-state index in [4.69, 9.17) is 0 Å². The summed E-state index contributed by atoms with van der Waals surface area (Å²) >= 11 is 0. The maximum Gasteiger partial charge on any atom is 0.125 e. The van der Waals surface area contributed by atoms with Crippen molar-refractivity contribution in [1.82, 2.24) is 10.6 Å². The predicted octanol–water partition coefficient (Wildman–Crippen LogP) is 6.85. The van der Waals surface area contributed by atoms with Crippen LogP contribution < -0.4 is 10.6 Å². The van der Waals surface area contributed by atoms with Crippen LogP contribution in [0.15, 0.2) is 60.7 Å². The van der Waals surface area contributed by atoms with Crippen molar-refractivity contribution in [1.29, 1.82) is 0 Å². The third-order valence-corrected chi connectivity index (χ3v) is 11.3. The molecule has 4 N–H and O–H groups in total. The number of nitrogens with one attached hydrogen (secondary N) is 2. The van der Waals surface area contributed by atoms with E-state index in [9.17, 15) is 19.8 Å². The largest absolute Gasteiger partial charge is 0.389 e.